The zero-order valence-electron chi connectivity index (χ0n) is 15.2. The minimum atomic E-state index is -0.444. The lowest BCUT2D eigenvalue weighted by Gasteiger charge is -2.13. The van der Waals surface area contributed by atoms with E-state index in [-0.39, 0.29) is 5.82 Å². The molecule has 2 N–H and O–H groups in total. The fraction of sp³-hybridized carbons (Fsp3) is 0.250. The summed E-state index contributed by atoms with van der Waals surface area (Å²) in [4.78, 5) is 11.2. The summed E-state index contributed by atoms with van der Waals surface area (Å²) >= 11 is 1.53. The number of aromatic nitrogens is 3. The third-order valence-electron chi connectivity index (χ3n) is 3.99. The minimum absolute atomic E-state index is 0.312. The van der Waals surface area contributed by atoms with Crippen molar-refractivity contribution in [3.05, 3.63) is 65.5 Å². The molecule has 5 nitrogen and oxygen atoms in total. The highest BCUT2D eigenvalue weighted by molar-refractivity contribution is 7.98. The molecule has 0 saturated heterocycles. The maximum Gasteiger partial charge on any atom is 0.248 e. The normalized spacial score (nSPS) is 11.1. The van der Waals surface area contributed by atoms with E-state index in [4.69, 9.17) is 5.73 Å². The third-order valence-corrected chi connectivity index (χ3v) is 5.02. The number of carbonyl (C=O) groups excluding carboxylic acids is 1. The van der Waals surface area contributed by atoms with E-state index < -0.39 is 5.91 Å². The molecule has 27 heavy (non-hydrogen) atoms. The van der Waals surface area contributed by atoms with E-state index in [9.17, 15) is 9.18 Å². The van der Waals surface area contributed by atoms with Crippen LogP contribution in [-0.2, 0) is 12.3 Å². The van der Waals surface area contributed by atoms with Crippen LogP contribution in [0.4, 0.5) is 4.39 Å². The molecule has 0 fully saturated rings. The molecule has 0 saturated carbocycles. The summed E-state index contributed by atoms with van der Waals surface area (Å²) in [6.45, 7) is 4.89. The van der Waals surface area contributed by atoms with E-state index >= 15 is 0 Å². The average molecular weight is 384 g/mol. The highest BCUT2D eigenvalue weighted by Gasteiger charge is 2.18. The summed E-state index contributed by atoms with van der Waals surface area (Å²) in [6.07, 6.45) is 0. The average Bonchev–Trinajstić information content (AvgIpc) is 3.02. The van der Waals surface area contributed by atoms with Gasteiger partial charge in [-0.3, -0.25) is 4.79 Å². The largest absolute Gasteiger partial charge is 0.366 e. The first-order chi connectivity index (χ1) is 13.0. The van der Waals surface area contributed by atoms with Gasteiger partial charge in [0, 0.05) is 17.9 Å². The Morgan fingerprint density at radius 3 is 2.48 bits per heavy atom. The van der Waals surface area contributed by atoms with Crippen LogP contribution in [-0.4, -0.2) is 20.7 Å². The maximum atomic E-state index is 14.2. The highest BCUT2D eigenvalue weighted by atomic mass is 32.2. The van der Waals surface area contributed by atoms with Gasteiger partial charge in [-0.15, -0.1) is 10.2 Å². The molecule has 3 rings (SSSR count). The maximum absolute atomic E-state index is 14.2. The molecular formula is C20H21FN4OS. The van der Waals surface area contributed by atoms with Crippen LogP contribution in [0.5, 0.6) is 0 Å². The van der Waals surface area contributed by atoms with E-state index in [2.05, 4.69) is 24.0 Å². The molecular weight excluding hydrogens is 363 g/mol. The van der Waals surface area contributed by atoms with Crippen molar-refractivity contribution in [1.29, 1.82) is 0 Å². The van der Waals surface area contributed by atoms with Gasteiger partial charge in [-0.05, 0) is 35.7 Å². The van der Waals surface area contributed by atoms with E-state index in [1.165, 1.54) is 17.8 Å². The Hall–Kier alpha value is -2.67. The van der Waals surface area contributed by atoms with Gasteiger partial charge < -0.3 is 10.3 Å². The monoisotopic (exact) mass is 384 g/mol. The second kappa shape index (κ2) is 8.35. The number of rotatable bonds is 7. The number of nitrogens with two attached hydrogens (primary N) is 1. The highest BCUT2D eigenvalue weighted by Crippen LogP contribution is 2.28. The predicted molar refractivity (Wildman–Crippen MR) is 105 cm³/mol. The zero-order valence-corrected chi connectivity index (χ0v) is 16.0. The molecule has 1 heterocycles. The van der Waals surface area contributed by atoms with E-state index in [0.29, 0.717) is 35.2 Å². The van der Waals surface area contributed by atoms with Gasteiger partial charge in [-0.2, -0.15) is 0 Å². The first-order valence-corrected chi connectivity index (χ1v) is 9.64. The Labute approximate surface area is 161 Å². The Kier molecular flexibility index (Phi) is 5.91. The van der Waals surface area contributed by atoms with E-state index in [1.54, 1.807) is 30.3 Å². The van der Waals surface area contributed by atoms with Crippen LogP contribution in [0, 0.1) is 11.7 Å². The number of primary amides is 1. The smallest absolute Gasteiger partial charge is 0.248 e. The van der Waals surface area contributed by atoms with Gasteiger partial charge in [0.15, 0.2) is 11.0 Å². The van der Waals surface area contributed by atoms with Crippen molar-refractivity contribution in [3.8, 4) is 11.4 Å². The first-order valence-electron chi connectivity index (χ1n) is 8.65. The number of thioether (sulfide) groups is 1. The fourth-order valence-corrected chi connectivity index (χ4v) is 3.58. The Bertz CT molecular complexity index is 937. The summed E-state index contributed by atoms with van der Waals surface area (Å²) in [5.74, 6) is 0.801. The number of amides is 1. The van der Waals surface area contributed by atoms with Crippen LogP contribution >= 0.6 is 11.8 Å². The summed E-state index contributed by atoms with van der Waals surface area (Å²) in [5.41, 5.74) is 7.24. The van der Waals surface area contributed by atoms with Crippen molar-refractivity contribution in [2.75, 3.05) is 0 Å². The van der Waals surface area contributed by atoms with Crippen LogP contribution in [0.3, 0.4) is 0 Å². The van der Waals surface area contributed by atoms with Crippen molar-refractivity contribution in [1.82, 2.24) is 14.8 Å². The molecule has 7 heteroatoms. The summed E-state index contributed by atoms with van der Waals surface area (Å²) < 4.78 is 16.2. The molecule has 1 aromatic heterocycles. The van der Waals surface area contributed by atoms with Crippen LogP contribution in [0.15, 0.2) is 53.7 Å². The number of benzene rings is 2. The minimum Gasteiger partial charge on any atom is -0.366 e. The van der Waals surface area contributed by atoms with E-state index in [1.807, 2.05) is 16.7 Å². The van der Waals surface area contributed by atoms with Crippen molar-refractivity contribution in [3.63, 3.8) is 0 Å². The summed E-state index contributed by atoms with van der Waals surface area (Å²) in [7, 11) is 0. The molecule has 2 aromatic carbocycles. The molecule has 0 aliphatic carbocycles. The number of hydrogen-bond donors (Lipinski definition) is 1. The Balaban J connectivity index is 1.85. The second-order valence-corrected chi connectivity index (χ2v) is 7.58. The van der Waals surface area contributed by atoms with Crippen LogP contribution < -0.4 is 5.73 Å². The molecule has 0 atom stereocenters. The van der Waals surface area contributed by atoms with Crippen LogP contribution in [0.2, 0.25) is 0 Å². The van der Waals surface area contributed by atoms with Gasteiger partial charge in [0.25, 0.3) is 0 Å². The van der Waals surface area contributed by atoms with Gasteiger partial charge >= 0.3 is 0 Å². The predicted octanol–water partition coefficient (Wildman–Crippen LogP) is 4.13. The fourth-order valence-electron chi connectivity index (χ4n) is 2.68. The molecule has 0 unspecified atom stereocenters. The number of hydrogen-bond acceptors (Lipinski definition) is 4. The van der Waals surface area contributed by atoms with Gasteiger partial charge in [0.1, 0.15) is 5.82 Å². The van der Waals surface area contributed by atoms with Gasteiger partial charge in [0.2, 0.25) is 5.91 Å². The quantitative estimate of drug-likeness (QED) is 0.622. The number of carbonyl (C=O) groups is 1. The third kappa shape index (κ3) is 4.54. The molecule has 3 aromatic rings. The van der Waals surface area contributed by atoms with Crippen molar-refractivity contribution >= 4 is 17.7 Å². The van der Waals surface area contributed by atoms with Crippen LogP contribution in [0.25, 0.3) is 11.4 Å². The zero-order chi connectivity index (χ0) is 19.4. The lowest BCUT2D eigenvalue weighted by molar-refractivity contribution is 0.100. The lowest BCUT2D eigenvalue weighted by atomic mass is 10.1. The van der Waals surface area contributed by atoms with Gasteiger partial charge in [-0.1, -0.05) is 49.9 Å². The molecule has 0 aliphatic rings. The van der Waals surface area contributed by atoms with E-state index in [0.717, 1.165) is 10.7 Å². The Morgan fingerprint density at radius 1 is 1.15 bits per heavy atom. The summed E-state index contributed by atoms with van der Waals surface area (Å²) in [5, 5.41) is 9.26. The number of halogens is 1. The SMILES string of the molecule is CC(C)Cn1c(SCc2ccc(C(N)=O)cc2)nnc1-c1ccccc1F. The van der Waals surface area contributed by atoms with Crippen molar-refractivity contribution in [2.24, 2.45) is 11.7 Å². The molecule has 140 valence electrons. The topological polar surface area (TPSA) is 73.8 Å². The second-order valence-electron chi connectivity index (χ2n) is 6.64. The van der Waals surface area contributed by atoms with Crippen LogP contribution in [0.1, 0.15) is 29.8 Å². The number of nitrogens with zero attached hydrogens (tertiary/aromatic N) is 3. The van der Waals surface area contributed by atoms with Crippen molar-refractivity contribution < 1.29 is 9.18 Å². The van der Waals surface area contributed by atoms with Gasteiger partial charge in [-0.25, -0.2) is 4.39 Å². The summed E-state index contributed by atoms with van der Waals surface area (Å²) in [6, 6.07) is 13.8. The first kappa shape index (κ1) is 19.1. The standard InChI is InChI=1S/C20H21FN4OS/c1-13(2)11-25-19(16-5-3-4-6-17(16)21)23-24-20(25)27-12-14-7-9-15(10-8-14)18(22)26/h3-10,13H,11-12H2,1-2H3,(H2,22,26). The molecule has 0 spiro atoms. The Morgan fingerprint density at radius 2 is 1.85 bits per heavy atom. The molecule has 0 aliphatic heterocycles. The lowest BCUT2D eigenvalue weighted by Crippen LogP contribution is -2.10. The van der Waals surface area contributed by atoms with Gasteiger partial charge in [0.05, 0.1) is 5.56 Å². The van der Waals surface area contributed by atoms with Crippen molar-refractivity contribution in [2.45, 2.75) is 31.3 Å². The molecule has 0 radical (unpaired) electrons. The molecule has 1 amide bonds. The molecule has 0 bridgehead atoms.